The molecule has 0 spiro atoms. The van der Waals surface area contributed by atoms with Crippen LogP contribution in [-0.4, -0.2) is 33.5 Å². The lowest BCUT2D eigenvalue weighted by molar-refractivity contribution is -0.126. The van der Waals surface area contributed by atoms with Gasteiger partial charge in [-0.2, -0.15) is 13.8 Å². The summed E-state index contributed by atoms with van der Waals surface area (Å²) in [6, 6.07) is 9.98. The Labute approximate surface area is 243 Å². The van der Waals surface area contributed by atoms with Crippen molar-refractivity contribution in [2.45, 2.75) is 77.1 Å². The monoisotopic (exact) mass is 606 g/mol. The summed E-state index contributed by atoms with van der Waals surface area (Å²) in [5.74, 6) is -7.79. The molecule has 5 rings (SSSR count). The molecule has 2 heterocycles. The summed E-state index contributed by atoms with van der Waals surface area (Å²) in [7, 11) is 0. The number of hydrogen-bond donors (Lipinski definition) is 0. The van der Waals surface area contributed by atoms with E-state index in [1.54, 1.807) is 17.0 Å². The third kappa shape index (κ3) is 6.96. The molecule has 6 nitrogen and oxygen atoms in total. The second kappa shape index (κ2) is 12.1. The molecule has 1 aliphatic rings. The second-order valence-corrected chi connectivity index (χ2v) is 12.1. The first kappa shape index (κ1) is 30.1. The maximum atomic E-state index is 15.1. The van der Waals surface area contributed by atoms with E-state index in [2.05, 4.69) is 19.6 Å². The number of hydrogen-bond acceptors (Lipinski definition) is 6. The van der Waals surface area contributed by atoms with E-state index in [1.807, 2.05) is 19.1 Å². The van der Waals surface area contributed by atoms with E-state index in [9.17, 15) is 22.4 Å². The van der Waals surface area contributed by atoms with Crippen LogP contribution in [0.1, 0.15) is 68.6 Å². The third-order valence-electron chi connectivity index (χ3n) is 7.53. The highest BCUT2D eigenvalue weighted by atomic mass is 32.1. The van der Waals surface area contributed by atoms with Gasteiger partial charge in [0, 0.05) is 49.9 Å². The van der Waals surface area contributed by atoms with Crippen LogP contribution in [-0.2, 0) is 17.1 Å². The quantitative estimate of drug-likeness (QED) is 0.134. The molecule has 1 saturated carbocycles. The number of thiazole rings is 1. The van der Waals surface area contributed by atoms with Gasteiger partial charge in [-0.05, 0) is 68.5 Å². The molecule has 2 aromatic carbocycles. The van der Waals surface area contributed by atoms with Crippen LogP contribution in [0.25, 0.3) is 21.3 Å². The number of aryl methyl sites for hydroxylation is 2. The van der Waals surface area contributed by atoms with Gasteiger partial charge in [-0.25, -0.2) is 18.2 Å². The highest BCUT2D eigenvalue weighted by molar-refractivity contribution is 7.18. The van der Waals surface area contributed by atoms with E-state index in [-0.39, 0.29) is 44.0 Å². The van der Waals surface area contributed by atoms with Gasteiger partial charge in [0.05, 0.1) is 15.2 Å². The smallest absolute Gasteiger partial charge is 0.322 e. The van der Waals surface area contributed by atoms with Crippen molar-refractivity contribution in [1.82, 2.24) is 15.1 Å². The highest BCUT2D eigenvalue weighted by Gasteiger charge is 2.39. The molecule has 1 amide bonds. The van der Waals surface area contributed by atoms with Gasteiger partial charge in [-0.3, -0.25) is 4.79 Å². The van der Waals surface area contributed by atoms with Gasteiger partial charge in [0.1, 0.15) is 5.82 Å². The summed E-state index contributed by atoms with van der Waals surface area (Å²) in [6.45, 7) is 2.87. The molecule has 0 radical (unpaired) electrons. The second-order valence-electron chi connectivity index (χ2n) is 10.9. The molecule has 0 atom stereocenters. The standard InChI is InChI=1S/C30H31F5N4O2S/c1-18-36-24-10-7-20(16-25(24)42-18)22-17-21(8-9-23(22)31)39(27(40)19-11-13-30(34,35)14-12-19)15-5-3-4-6-26-37-28(41-38-26)29(2,32)33/h7-10,16-17,19H,3-6,11-15H2,1-2H3. The Morgan fingerprint density at radius 2 is 1.86 bits per heavy atom. The lowest BCUT2D eigenvalue weighted by Crippen LogP contribution is -2.40. The molecule has 1 fully saturated rings. The van der Waals surface area contributed by atoms with Crippen LogP contribution in [0.3, 0.4) is 0 Å². The van der Waals surface area contributed by atoms with Crippen LogP contribution in [0.2, 0.25) is 0 Å². The molecule has 0 saturated heterocycles. The van der Waals surface area contributed by atoms with Gasteiger partial charge >= 0.3 is 5.92 Å². The minimum absolute atomic E-state index is 0.0833. The first-order valence-corrected chi connectivity index (χ1v) is 14.8. The fourth-order valence-electron chi connectivity index (χ4n) is 5.25. The summed E-state index contributed by atoms with van der Waals surface area (Å²) in [5.41, 5.74) is 2.29. The number of anilines is 1. The number of nitrogens with zero attached hydrogens (tertiary/aromatic N) is 4. The van der Waals surface area contributed by atoms with Crippen LogP contribution >= 0.6 is 11.3 Å². The Morgan fingerprint density at radius 1 is 1.10 bits per heavy atom. The largest absolute Gasteiger partial charge is 0.333 e. The predicted molar refractivity (Wildman–Crippen MR) is 150 cm³/mol. The lowest BCUT2D eigenvalue weighted by atomic mass is 9.85. The molecule has 2 aromatic heterocycles. The van der Waals surface area contributed by atoms with Crippen LogP contribution < -0.4 is 4.90 Å². The van der Waals surface area contributed by atoms with E-state index in [0.29, 0.717) is 49.4 Å². The van der Waals surface area contributed by atoms with Gasteiger partial charge in [-0.1, -0.05) is 17.6 Å². The molecule has 0 bridgehead atoms. The van der Waals surface area contributed by atoms with Crippen molar-refractivity contribution in [3.05, 3.63) is 58.9 Å². The Balaban J connectivity index is 1.33. The number of benzene rings is 2. The number of alkyl halides is 4. The zero-order valence-corrected chi connectivity index (χ0v) is 24.1. The SMILES string of the molecule is Cc1nc2ccc(-c3cc(N(CCCCCc4noc(C(C)(F)F)n4)C(=O)C4CCC(F)(F)CC4)ccc3F)cc2s1. The molecule has 4 aromatic rings. The molecular weight excluding hydrogens is 575 g/mol. The zero-order chi connectivity index (χ0) is 30.1. The molecule has 0 unspecified atom stereocenters. The normalized spacial score (nSPS) is 15.8. The number of fused-ring (bicyclic) bond motifs is 1. The van der Waals surface area contributed by atoms with E-state index in [0.717, 1.165) is 15.2 Å². The minimum Gasteiger partial charge on any atom is -0.333 e. The highest BCUT2D eigenvalue weighted by Crippen LogP contribution is 2.38. The van der Waals surface area contributed by atoms with Crippen molar-refractivity contribution in [3.8, 4) is 11.1 Å². The number of carbonyl (C=O) groups is 1. The molecule has 0 aliphatic heterocycles. The summed E-state index contributed by atoms with van der Waals surface area (Å²) < 4.78 is 75.0. The molecular formula is C30H31F5N4O2S. The number of aromatic nitrogens is 3. The fourth-order valence-corrected chi connectivity index (χ4v) is 6.11. The maximum Gasteiger partial charge on any atom is 0.322 e. The molecule has 1 aliphatic carbocycles. The molecule has 42 heavy (non-hydrogen) atoms. The fraction of sp³-hybridized carbons (Fsp3) is 0.467. The Morgan fingerprint density at radius 3 is 2.57 bits per heavy atom. The van der Waals surface area contributed by atoms with Crippen molar-refractivity contribution in [3.63, 3.8) is 0 Å². The van der Waals surface area contributed by atoms with E-state index >= 15 is 4.39 Å². The van der Waals surface area contributed by atoms with Gasteiger partial charge < -0.3 is 9.42 Å². The van der Waals surface area contributed by atoms with Crippen LogP contribution in [0.5, 0.6) is 0 Å². The van der Waals surface area contributed by atoms with E-state index < -0.39 is 29.5 Å². The van der Waals surface area contributed by atoms with Crippen molar-refractivity contribution in [1.29, 1.82) is 0 Å². The average Bonchev–Trinajstić information content (AvgIpc) is 3.56. The summed E-state index contributed by atoms with van der Waals surface area (Å²) in [6.07, 6.45) is 1.53. The number of rotatable bonds is 10. The number of amides is 1. The molecule has 12 heteroatoms. The van der Waals surface area contributed by atoms with Gasteiger partial charge in [0.15, 0.2) is 5.82 Å². The summed E-state index contributed by atoms with van der Waals surface area (Å²) in [4.78, 5) is 23.4. The van der Waals surface area contributed by atoms with Gasteiger partial charge in [0.2, 0.25) is 11.8 Å². The zero-order valence-electron chi connectivity index (χ0n) is 23.3. The summed E-state index contributed by atoms with van der Waals surface area (Å²) in [5, 5.41) is 4.50. The Bertz CT molecular complexity index is 1550. The predicted octanol–water partition coefficient (Wildman–Crippen LogP) is 8.48. The number of carbonyl (C=O) groups excluding carboxylic acids is 1. The number of halogens is 5. The van der Waals surface area contributed by atoms with Crippen molar-refractivity contribution in [2.75, 3.05) is 11.4 Å². The van der Waals surface area contributed by atoms with Crippen LogP contribution in [0, 0.1) is 18.7 Å². The van der Waals surface area contributed by atoms with Crippen LogP contribution in [0.15, 0.2) is 40.9 Å². The topological polar surface area (TPSA) is 72.1 Å². The van der Waals surface area contributed by atoms with Crippen LogP contribution in [0.4, 0.5) is 27.6 Å². The molecule has 224 valence electrons. The van der Waals surface area contributed by atoms with Gasteiger partial charge in [0.25, 0.3) is 5.89 Å². The Hall–Kier alpha value is -3.41. The number of unbranched alkanes of at least 4 members (excludes halogenated alkanes) is 2. The lowest BCUT2D eigenvalue weighted by Gasteiger charge is -2.32. The third-order valence-corrected chi connectivity index (χ3v) is 8.46. The first-order valence-electron chi connectivity index (χ1n) is 14.0. The van der Waals surface area contributed by atoms with E-state index in [4.69, 9.17) is 0 Å². The van der Waals surface area contributed by atoms with Crippen molar-refractivity contribution in [2.24, 2.45) is 5.92 Å². The average molecular weight is 607 g/mol. The van der Waals surface area contributed by atoms with Crippen molar-refractivity contribution >= 4 is 33.1 Å². The van der Waals surface area contributed by atoms with Crippen molar-refractivity contribution < 1.29 is 31.3 Å². The minimum atomic E-state index is -3.21. The summed E-state index contributed by atoms with van der Waals surface area (Å²) >= 11 is 1.51. The first-order chi connectivity index (χ1) is 19.9. The Kier molecular flexibility index (Phi) is 8.63. The maximum absolute atomic E-state index is 15.1. The van der Waals surface area contributed by atoms with Gasteiger partial charge in [-0.15, -0.1) is 11.3 Å². The molecule has 0 N–H and O–H groups in total. The van der Waals surface area contributed by atoms with E-state index in [1.165, 1.54) is 23.5 Å².